The molecule has 1 amide bonds. The fraction of sp³-hybridized carbons (Fsp3) is 0.615. The van der Waals surface area contributed by atoms with Crippen LogP contribution in [0.5, 0.6) is 0 Å². The second kappa shape index (κ2) is 8.24. The van der Waals surface area contributed by atoms with Crippen molar-refractivity contribution in [2.24, 2.45) is 5.92 Å². The van der Waals surface area contributed by atoms with Gasteiger partial charge < -0.3 is 15.7 Å². The number of hydrogen-bond donors (Lipinski definition) is 3. The summed E-state index contributed by atoms with van der Waals surface area (Å²) in [6, 6.07) is 1.89. The number of nitrogens with one attached hydrogen (secondary N) is 2. The largest absolute Gasteiger partial charge is 0.387 e. The van der Waals surface area contributed by atoms with E-state index >= 15 is 0 Å². The Bertz CT molecular complexity index is 339. The van der Waals surface area contributed by atoms with Gasteiger partial charge in [0.2, 0.25) is 5.91 Å². The van der Waals surface area contributed by atoms with Crippen LogP contribution in [-0.4, -0.2) is 30.6 Å². The maximum Gasteiger partial charge on any atom is 0.233 e. The first kappa shape index (κ1) is 15.1. The number of carbonyl (C=O) groups excluding carboxylic acids is 1. The molecule has 5 heteroatoms. The minimum atomic E-state index is -0.542. The van der Waals surface area contributed by atoms with Gasteiger partial charge in [-0.1, -0.05) is 13.8 Å². The number of amides is 1. The highest BCUT2D eigenvalue weighted by Crippen LogP contribution is 2.14. The van der Waals surface area contributed by atoms with Gasteiger partial charge in [-0.3, -0.25) is 4.79 Å². The summed E-state index contributed by atoms with van der Waals surface area (Å²) in [7, 11) is 0. The molecule has 0 aliphatic carbocycles. The molecule has 0 aliphatic rings. The molecule has 0 saturated heterocycles. The second-order valence-electron chi connectivity index (χ2n) is 4.74. The molecular weight excluding hydrogens is 248 g/mol. The SMILES string of the molecule is CC(C)CCNC(=O)CNCC(O)c1ccsc1. The van der Waals surface area contributed by atoms with Crippen molar-refractivity contribution in [1.82, 2.24) is 10.6 Å². The van der Waals surface area contributed by atoms with Gasteiger partial charge in [0, 0.05) is 13.1 Å². The molecule has 1 atom stereocenters. The lowest BCUT2D eigenvalue weighted by Gasteiger charge is -2.11. The lowest BCUT2D eigenvalue weighted by atomic mass is 10.1. The van der Waals surface area contributed by atoms with Crippen LogP contribution in [0, 0.1) is 5.92 Å². The van der Waals surface area contributed by atoms with E-state index in [1.165, 1.54) is 0 Å². The van der Waals surface area contributed by atoms with E-state index in [0.717, 1.165) is 12.0 Å². The van der Waals surface area contributed by atoms with Gasteiger partial charge in [0.05, 0.1) is 12.6 Å². The Morgan fingerprint density at radius 3 is 2.89 bits per heavy atom. The number of rotatable bonds is 8. The Morgan fingerprint density at radius 2 is 2.28 bits per heavy atom. The van der Waals surface area contributed by atoms with Crippen molar-refractivity contribution in [2.45, 2.75) is 26.4 Å². The summed E-state index contributed by atoms with van der Waals surface area (Å²) >= 11 is 1.55. The van der Waals surface area contributed by atoms with Crippen LogP contribution in [0.4, 0.5) is 0 Å². The molecule has 1 rings (SSSR count). The first-order valence-electron chi connectivity index (χ1n) is 6.27. The number of hydrogen-bond acceptors (Lipinski definition) is 4. The van der Waals surface area contributed by atoms with Gasteiger partial charge in [0.25, 0.3) is 0 Å². The summed E-state index contributed by atoms with van der Waals surface area (Å²) in [5.74, 6) is 0.576. The Labute approximate surface area is 112 Å². The van der Waals surface area contributed by atoms with Gasteiger partial charge in [0.1, 0.15) is 0 Å². The van der Waals surface area contributed by atoms with E-state index in [1.54, 1.807) is 11.3 Å². The minimum Gasteiger partial charge on any atom is -0.387 e. The van der Waals surface area contributed by atoms with Crippen LogP contribution >= 0.6 is 11.3 Å². The molecule has 1 aromatic rings. The van der Waals surface area contributed by atoms with E-state index in [0.29, 0.717) is 19.0 Å². The van der Waals surface area contributed by atoms with E-state index in [2.05, 4.69) is 24.5 Å². The van der Waals surface area contributed by atoms with Crippen molar-refractivity contribution in [3.05, 3.63) is 22.4 Å². The third-order valence-electron chi connectivity index (χ3n) is 2.60. The van der Waals surface area contributed by atoms with Crippen LogP contribution in [-0.2, 0) is 4.79 Å². The van der Waals surface area contributed by atoms with Crippen LogP contribution in [0.1, 0.15) is 31.9 Å². The van der Waals surface area contributed by atoms with Crippen LogP contribution in [0.2, 0.25) is 0 Å². The van der Waals surface area contributed by atoms with E-state index in [4.69, 9.17) is 0 Å². The van der Waals surface area contributed by atoms with Crippen LogP contribution in [0.25, 0.3) is 0 Å². The number of aliphatic hydroxyl groups excluding tert-OH is 1. The predicted molar refractivity (Wildman–Crippen MR) is 74.6 cm³/mol. The average Bonchev–Trinajstić information content (AvgIpc) is 2.81. The summed E-state index contributed by atoms with van der Waals surface area (Å²) < 4.78 is 0. The molecule has 0 aromatic carbocycles. The number of thiophene rings is 1. The molecule has 4 nitrogen and oxygen atoms in total. The normalized spacial score (nSPS) is 12.7. The van der Waals surface area contributed by atoms with E-state index in [9.17, 15) is 9.90 Å². The third-order valence-corrected chi connectivity index (χ3v) is 3.30. The van der Waals surface area contributed by atoms with E-state index < -0.39 is 6.10 Å². The fourth-order valence-corrected chi connectivity index (χ4v) is 2.17. The molecule has 1 heterocycles. The van der Waals surface area contributed by atoms with Crippen LogP contribution in [0.3, 0.4) is 0 Å². The first-order chi connectivity index (χ1) is 8.59. The van der Waals surface area contributed by atoms with Crippen molar-refractivity contribution in [2.75, 3.05) is 19.6 Å². The quantitative estimate of drug-likeness (QED) is 0.671. The monoisotopic (exact) mass is 270 g/mol. The molecular formula is C13H22N2O2S. The van der Waals surface area contributed by atoms with Crippen molar-refractivity contribution < 1.29 is 9.90 Å². The summed E-state index contributed by atoms with van der Waals surface area (Å²) in [5.41, 5.74) is 0.896. The molecule has 0 bridgehead atoms. The average molecular weight is 270 g/mol. The zero-order chi connectivity index (χ0) is 13.4. The highest BCUT2D eigenvalue weighted by Gasteiger charge is 2.08. The first-order valence-corrected chi connectivity index (χ1v) is 7.21. The zero-order valence-electron chi connectivity index (χ0n) is 11.0. The standard InChI is InChI=1S/C13H22N2O2S/c1-10(2)3-5-15-13(17)8-14-7-12(16)11-4-6-18-9-11/h4,6,9-10,12,14,16H,3,5,7-8H2,1-2H3,(H,15,17). The Hall–Kier alpha value is -0.910. The van der Waals surface area contributed by atoms with Gasteiger partial charge in [-0.2, -0.15) is 11.3 Å². The maximum absolute atomic E-state index is 11.4. The van der Waals surface area contributed by atoms with Crippen molar-refractivity contribution >= 4 is 17.2 Å². The van der Waals surface area contributed by atoms with E-state index in [-0.39, 0.29) is 12.5 Å². The summed E-state index contributed by atoms with van der Waals surface area (Å²) in [6.45, 7) is 5.61. The molecule has 0 aliphatic heterocycles. The van der Waals surface area contributed by atoms with Gasteiger partial charge in [-0.25, -0.2) is 0 Å². The predicted octanol–water partition coefficient (Wildman–Crippen LogP) is 1.53. The highest BCUT2D eigenvalue weighted by molar-refractivity contribution is 7.07. The van der Waals surface area contributed by atoms with Crippen molar-refractivity contribution in [3.63, 3.8) is 0 Å². The molecule has 18 heavy (non-hydrogen) atoms. The number of carbonyl (C=O) groups is 1. The second-order valence-corrected chi connectivity index (χ2v) is 5.52. The Balaban J connectivity index is 2.08. The topological polar surface area (TPSA) is 61.4 Å². The zero-order valence-corrected chi connectivity index (χ0v) is 11.8. The Morgan fingerprint density at radius 1 is 1.50 bits per heavy atom. The van der Waals surface area contributed by atoms with Gasteiger partial charge in [-0.15, -0.1) is 0 Å². The Kier molecular flexibility index (Phi) is 6.93. The van der Waals surface area contributed by atoms with Gasteiger partial charge >= 0.3 is 0 Å². The fourth-order valence-electron chi connectivity index (χ4n) is 1.47. The molecule has 0 saturated carbocycles. The molecule has 3 N–H and O–H groups in total. The summed E-state index contributed by atoms with van der Waals surface area (Å²) in [5, 5.41) is 19.4. The lowest BCUT2D eigenvalue weighted by molar-refractivity contribution is -0.120. The molecule has 1 unspecified atom stereocenters. The van der Waals surface area contributed by atoms with E-state index in [1.807, 2.05) is 16.8 Å². The highest BCUT2D eigenvalue weighted by atomic mass is 32.1. The molecule has 1 aromatic heterocycles. The smallest absolute Gasteiger partial charge is 0.233 e. The molecule has 102 valence electrons. The summed E-state index contributed by atoms with van der Waals surface area (Å²) in [4.78, 5) is 11.4. The molecule has 0 fully saturated rings. The molecule has 0 spiro atoms. The number of aliphatic hydroxyl groups is 1. The van der Waals surface area contributed by atoms with Gasteiger partial charge in [-0.05, 0) is 34.7 Å². The maximum atomic E-state index is 11.4. The van der Waals surface area contributed by atoms with Gasteiger partial charge in [0.15, 0.2) is 0 Å². The minimum absolute atomic E-state index is 0.0202. The van der Waals surface area contributed by atoms with Crippen LogP contribution < -0.4 is 10.6 Å². The third kappa shape index (κ3) is 6.14. The summed E-state index contributed by atoms with van der Waals surface area (Å²) in [6.07, 6.45) is 0.447. The molecule has 0 radical (unpaired) electrons. The van der Waals surface area contributed by atoms with Crippen molar-refractivity contribution in [1.29, 1.82) is 0 Å². The van der Waals surface area contributed by atoms with Crippen LogP contribution in [0.15, 0.2) is 16.8 Å². The van der Waals surface area contributed by atoms with Crippen molar-refractivity contribution in [3.8, 4) is 0 Å². The lowest BCUT2D eigenvalue weighted by Crippen LogP contribution is -2.36.